The van der Waals surface area contributed by atoms with Crippen molar-refractivity contribution in [2.24, 2.45) is 5.73 Å². The molecule has 0 spiro atoms. The van der Waals surface area contributed by atoms with E-state index in [2.05, 4.69) is 5.32 Å². The Labute approximate surface area is 78.8 Å². The molecule has 0 aromatic carbocycles. The second-order valence-electron chi connectivity index (χ2n) is 3.41. The largest absolute Gasteiger partial charge is 0.377 e. The van der Waals surface area contributed by atoms with E-state index in [-0.39, 0.29) is 5.91 Å². The molecule has 0 bridgehead atoms. The third-order valence-corrected chi connectivity index (χ3v) is 2.17. The molecule has 1 saturated heterocycles. The Bertz CT molecular complexity index is 156. The van der Waals surface area contributed by atoms with Crippen molar-refractivity contribution < 1.29 is 9.53 Å². The molecular weight excluding hydrogens is 168 g/mol. The molecule has 0 radical (unpaired) electrons. The SMILES string of the molecule is NC(=O)CCCNCC1CCCO1. The molecule has 1 rings (SSSR count). The number of hydrogen-bond donors (Lipinski definition) is 2. The number of primary amides is 1. The summed E-state index contributed by atoms with van der Waals surface area (Å²) in [5, 5.41) is 3.25. The van der Waals surface area contributed by atoms with Crippen molar-refractivity contribution in [2.45, 2.75) is 31.8 Å². The molecular formula is C9H18N2O2. The average Bonchev–Trinajstić information content (AvgIpc) is 2.55. The van der Waals surface area contributed by atoms with Gasteiger partial charge in [0.1, 0.15) is 0 Å². The van der Waals surface area contributed by atoms with E-state index in [9.17, 15) is 4.79 Å². The van der Waals surface area contributed by atoms with Gasteiger partial charge in [0.25, 0.3) is 0 Å². The van der Waals surface area contributed by atoms with Crippen LogP contribution in [0.4, 0.5) is 0 Å². The zero-order valence-electron chi connectivity index (χ0n) is 7.92. The lowest BCUT2D eigenvalue weighted by Gasteiger charge is -2.09. The van der Waals surface area contributed by atoms with Gasteiger partial charge in [-0.25, -0.2) is 0 Å². The Morgan fingerprint density at radius 3 is 3.08 bits per heavy atom. The van der Waals surface area contributed by atoms with E-state index < -0.39 is 0 Å². The lowest BCUT2D eigenvalue weighted by Crippen LogP contribution is -2.27. The first kappa shape index (κ1) is 10.5. The minimum absolute atomic E-state index is 0.223. The van der Waals surface area contributed by atoms with Gasteiger partial charge in [-0.15, -0.1) is 0 Å². The topological polar surface area (TPSA) is 64.4 Å². The van der Waals surface area contributed by atoms with Crippen molar-refractivity contribution in [3.8, 4) is 0 Å². The molecule has 1 aliphatic rings. The molecule has 4 nitrogen and oxygen atoms in total. The Kier molecular flexibility index (Phi) is 4.78. The summed E-state index contributed by atoms with van der Waals surface area (Å²) in [6.45, 7) is 2.65. The van der Waals surface area contributed by atoms with Gasteiger partial charge in [0.15, 0.2) is 0 Å². The van der Waals surface area contributed by atoms with Gasteiger partial charge in [-0.1, -0.05) is 0 Å². The van der Waals surface area contributed by atoms with E-state index in [0.29, 0.717) is 12.5 Å². The van der Waals surface area contributed by atoms with Crippen molar-refractivity contribution in [1.82, 2.24) is 5.32 Å². The summed E-state index contributed by atoms with van der Waals surface area (Å²) in [6.07, 6.45) is 4.00. The summed E-state index contributed by atoms with van der Waals surface area (Å²) in [5.41, 5.74) is 5.01. The smallest absolute Gasteiger partial charge is 0.217 e. The van der Waals surface area contributed by atoms with Gasteiger partial charge in [0, 0.05) is 19.6 Å². The monoisotopic (exact) mass is 186 g/mol. The van der Waals surface area contributed by atoms with E-state index in [1.807, 2.05) is 0 Å². The molecule has 1 aliphatic heterocycles. The highest BCUT2D eigenvalue weighted by Gasteiger charge is 2.13. The molecule has 4 heteroatoms. The fraction of sp³-hybridized carbons (Fsp3) is 0.889. The molecule has 0 aromatic heterocycles. The fourth-order valence-corrected chi connectivity index (χ4v) is 1.46. The summed E-state index contributed by atoms with van der Waals surface area (Å²) in [5.74, 6) is -0.223. The summed E-state index contributed by atoms with van der Waals surface area (Å²) in [6, 6.07) is 0. The first-order valence-corrected chi connectivity index (χ1v) is 4.89. The van der Waals surface area contributed by atoms with Crippen molar-refractivity contribution in [3.63, 3.8) is 0 Å². The predicted octanol–water partition coefficient (Wildman–Crippen LogP) is 0.0205. The van der Waals surface area contributed by atoms with Crippen molar-refractivity contribution in [2.75, 3.05) is 19.7 Å². The van der Waals surface area contributed by atoms with Gasteiger partial charge in [-0.05, 0) is 25.8 Å². The van der Waals surface area contributed by atoms with Crippen molar-refractivity contribution in [3.05, 3.63) is 0 Å². The maximum atomic E-state index is 10.4. The highest BCUT2D eigenvalue weighted by Crippen LogP contribution is 2.10. The van der Waals surface area contributed by atoms with E-state index in [4.69, 9.17) is 10.5 Å². The van der Waals surface area contributed by atoms with E-state index in [1.165, 1.54) is 6.42 Å². The minimum Gasteiger partial charge on any atom is -0.377 e. The van der Waals surface area contributed by atoms with Crippen LogP contribution >= 0.6 is 0 Å². The van der Waals surface area contributed by atoms with Gasteiger partial charge in [-0.2, -0.15) is 0 Å². The van der Waals surface area contributed by atoms with Gasteiger partial charge in [0.05, 0.1) is 6.10 Å². The van der Waals surface area contributed by atoms with Gasteiger partial charge in [0.2, 0.25) is 5.91 Å². The van der Waals surface area contributed by atoms with Crippen LogP contribution in [-0.2, 0) is 9.53 Å². The van der Waals surface area contributed by atoms with Crippen LogP contribution in [0.15, 0.2) is 0 Å². The highest BCUT2D eigenvalue weighted by molar-refractivity contribution is 5.73. The third kappa shape index (κ3) is 4.85. The van der Waals surface area contributed by atoms with Crippen LogP contribution < -0.4 is 11.1 Å². The lowest BCUT2D eigenvalue weighted by molar-refractivity contribution is -0.118. The summed E-state index contributed by atoms with van der Waals surface area (Å²) >= 11 is 0. The number of nitrogens with two attached hydrogens (primary N) is 1. The van der Waals surface area contributed by atoms with Crippen LogP contribution in [0.1, 0.15) is 25.7 Å². The Balaban J connectivity index is 1.86. The third-order valence-electron chi connectivity index (χ3n) is 2.17. The lowest BCUT2D eigenvalue weighted by atomic mass is 10.2. The van der Waals surface area contributed by atoms with E-state index in [1.54, 1.807) is 0 Å². The van der Waals surface area contributed by atoms with E-state index in [0.717, 1.165) is 32.5 Å². The maximum Gasteiger partial charge on any atom is 0.217 e. The number of hydrogen-bond acceptors (Lipinski definition) is 3. The Morgan fingerprint density at radius 2 is 2.46 bits per heavy atom. The predicted molar refractivity (Wildman–Crippen MR) is 50.3 cm³/mol. The number of rotatable bonds is 6. The normalized spacial score (nSPS) is 22.0. The number of carbonyl (C=O) groups is 1. The molecule has 0 aliphatic carbocycles. The van der Waals surface area contributed by atoms with Crippen LogP contribution in [0.25, 0.3) is 0 Å². The zero-order chi connectivity index (χ0) is 9.52. The molecule has 1 atom stereocenters. The van der Waals surface area contributed by atoms with Gasteiger partial charge >= 0.3 is 0 Å². The van der Waals surface area contributed by atoms with Crippen LogP contribution in [0.5, 0.6) is 0 Å². The average molecular weight is 186 g/mol. The summed E-state index contributed by atoms with van der Waals surface area (Å²) < 4.78 is 5.43. The highest BCUT2D eigenvalue weighted by atomic mass is 16.5. The first-order valence-electron chi connectivity index (χ1n) is 4.89. The quantitative estimate of drug-likeness (QED) is 0.575. The maximum absolute atomic E-state index is 10.4. The molecule has 0 aromatic rings. The summed E-state index contributed by atoms with van der Waals surface area (Å²) in [4.78, 5) is 10.4. The molecule has 13 heavy (non-hydrogen) atoms. The van der Waals surface area contributed by atoms with Crippen LogP contribution in [-0.4, -0.2) is 31.7 Å². The molecule has 1 amide bonds. The number of amides is 1. The molecule has 1 fully saturated rings. The Morgan fingerprint density at radius 1 is 1.62 bits per heavy atom. The van der Waals surface area contributed by atoms with Gasteiger partial charge in [-0.3, -0.25) is 4.79 Å². The molecule has 76 valence electrons. The number of ether oxygens (including phenoxy) is 1. The zero-order valence-corrected chi connectivity index (χ0v) is 7.92. The Hall–Kier alpha value is -0.610. The second kappa shape index (κ2) is 5.94. The standard InChI is InChI=1S/C9H18N2O2/c10-9(12)4-1-5-11-7-8-3-2-6-13-8/h8,11H,1-7H2,(H2,10,12). The second-order valence-corrected chi connectivity index (χ2v) is 3.41. The molecule has 3 N–H and O–H groups in total. The van der Waals surface area contributed by atoms with Crippen molar-refractivity contribution in [1.29, 1.82) is 0 Å². The number of carbonyl (C=O) groups excluding carboxylic acids is 1. The molecule has 1 heterocycles. The first-order chi connectivity index (χ1) is 6.29. The van der Waals surface area contributed by atoms with Crippen molar-refractivity contribution >= 4 is 5.91 Å². The molecule has 0 saturated carbocycles. The minimum atomic E-state index is -0.223. The fourth-order valence-electron chi connectivity index (χ4n) is 1.46. The summed E-state index contributed by atoms with van der Waals surface area (Å²) in [7, 11) is 0. The molecule has 1 unspecified atom stereocenters. The van der Waals surface area contributed by atoms with E-state index >= 15 is 0 Å². The van der Waals surface area contributed by atoms with Crippen LogP contribution in [0, 0.1) is 0 Å². The van der Waals surface area contributed by atoms with Gasteiger partial charge < -0.3 is 15.8 Å². The van der Waals surface area contributed by atoms with Crippen LogP contribution in [0.2, 0.25) is 0 Å². The number of nitrogens with one attached hydrogen (secondary N) is 1. The van der Waals surface area contributed by atoms with Crippen LogP contribution in [0.3, 0.4) is 0 Å².